The highest BCUT2D eigenvalue weighted by molar-refractivity contribution is 5.93. The molecule has 1 aromatic heterocycles. The molecule has 0 saturated carbocycles. The second-order valence-electron chi connectivity index (χ2n) is 4.22. The first-order valence-corrected chi connectivity index (χ1v) is 6.34. The Morgan fingerprint density at radius 1 is 1.38 bits per heavy atom. The summed E-state index contributed by atoms with van der Waals surface area (Å²) < 4.78 is 0. The van der Waals surface area contributed by atoms with Gasteiger partial charge in [0.05, 0.1) is 10.7 Å². The number of imidazole rings is 1. The summed E-state index contributed by atoms with van der Waals surface area (Å²) in [5, 5.41) is 13.4. The molecule has 2 aromatic rings. The summed E-state index contributed by atoms with van der Waals surface area (Å²) in [4.78, 5) is 18.8. The molecule has 1 aromatic carbocycles. The zero-order chi connectivity index (χ0) is 15.2. The van der Waals surface area contributed by atoms with Gasteiger partial charge in [0.25, 0.3) is 5.91 Å². The monoisotopic (exact) mass is 284 g/mol. The van der Waals surface area contributed by atoms with Crippen LogP contribution in [0.3, 0.4) is 0 Å². The van der Waals surface area contributed by atoms with Gasteiger partial charge in [-0.25, -0.2) is 10.5 Å². The number of allylic oxidation sites excluding steroid dienone is 1. The van der Waals surface area contributed by atoms with Crippen LogP contribution in [0.25, 0.3) is 12.2 Å². The highest BCUT2D eigenvalue weighted by atomic mass is 16.5. The smallest absolute Gasteiger partial charge is 0.274 e. The molecule has 0 bridgehead atoms. The van der Waals surface area contributed by atoms with Crippen molar-refractivity contribution in [1.82, 2.24) is 15.4 Å². The van der Waals surface area contributed by atoms with Crippen LogP contribution >= 0.6 is 0 Å². The number of H-pyrrole nitrogens is 1. The number of hydrogen-bond acceptors (Lipinski definition) is 4. The highest BCUT2D eigenvalue weighted by Crippen LogP contribution is 2.12. The SMILES string of the molecule is C=C/C=c1/[nH]c(Nc2ccc(C(=O)NO)cc2)n/c1=C/C. The minimum Gasteiger partial charge on any atom is -0.326 e. The molecule has 0 saturated heterocycles. The van der Waals surface area contributed by atoms with E-state index < -0.39 is 5.91 Å². The number of rotatable bonds is 4. The molecular weight excluding hydrogens is 268 g/mol. The molecule has 2 rings (SSSR count). The van der Waals surface area contributed by atoms with Crippen LogP contribution in [0.4, 0.5) is 11.6 Å². The van der Waals surface area contributed by atoms with Crippen LogP contribution in [0.1, 0.15) is 17.3 Å². The summed E-state index contributed by atoms with van der Waals surface area (Å²) in [6, 6.07) is 6.64. The lowest BCUT2D eigenvalue weighted by molar-refractivity contribution is 0.0706. The quantitative estimate of drug-likeness (QED) is 0.499. The van der Waals surface area contributed by atoms with E-state index in [0.29, 0.717) is 11.5 Å². The third kappa shape index (κ3) is 3.37. The number of nitrogens with zero attached hydrogens (tertiary/aromatic N) is 1. The molecule has 0 atom stereocenters. The summed E-state index contributed by atoms with van der Waals surface area (Å²) in [6.45, 7) is 5.57. The predicted molar refractivity (Wildman–Crippen MR) is 81.6 cm³/mol. The average molecular weight is 284 g/mol. The number of carbonyl (C=O) groups excluding carboxylic acids is 1. The molecule has 0 radical (unpaired) electrons. The molecule has 1 amide bonds. The van der Waals surface area contributed by atoms with Gasteiger partial charge in [-0.1, -0.05) is 18.7 Å². The Bertz CT molecular complexity index is 760. The van der Waals surface area contributed by atoms with Gasteiger partial charge < -0.3 is 10.3 Å². The normalized spacial score (nSPS) is 12.3. The third-order valence-corrected chi connectivity index (χ3v) is 2.83. The number of amides is 1. The lowest BCUT2D eigenvalue weighted by Gasteiger charge is -2.03. The molecule has 0 unspecified atom stereocenters. The van der Waals surface area contributed by atoms with Gasteiger partial charge in [0.2, 0.25) is 5.95 Å². The van der Waals surface area contributed by atoms with Gasteiger partial charge in [0.1, 0.15) is 0 Å². The van der Waals surface area contributed by atoms with Crippen molar-refractivity contribution in [2.24, 2.45) is 0 Å². The molecule has 0 fully saturated rings. The Morgan fingerprint density at radius 3 is 2.67 bits per heavy atom. The molecule has 0 aliphatic rings. The molecule has 4 N–H and O–H groups in total. The topological polar surface area (TPSA) is 90.0 Å². The first kappa shape index (κ1) is 14.5. The fourth-order valence-corrected chi connectivity index (χ4v) is 1.83. The van der Waals surface area contributed by atoms with E-state index in [4.69, 9.17) is 5.21 Å². The van der Waals surface area contributed by atoms with Crippen LogP contribution in [-0.4, -0.2) is 21.1 Å². The fraction of sp³-hybridized carbons (Fsp3) is 0.0667. The Morgan fingerprint density at radius 2 is 2.10 bits per heavy atom. The van der Waals surface area contributed by atoms with Gasteiger partial charge in [0, 0.05) is 11.3 Å². The molecular formula is C15H16N4O2. The minimum atomic E-state index is -0.551. The number of aromatic nitrogens is 2. The van der Waals surface area contributed by atoms with Gasteiger partial charge in [-0.05, 0) is 37.3 Å². The van der Waals surface area contributed by atoms with Crippen LogP contribution in [-0.2, 0) is 0 Å². The number of carbonyl (C=O) groups is 1. The van der Waals surface area contributed by atoms with E-state index in [2.05, 4.69) is 21.9 Å². The van der Waals surface area contributed by atoms with Crippen molar-refractivity contribution in [2.45, 2.75) is 6.92 Å². The predicted octanol–water partition coefficient (Wildman–Crippen LogP) is 1.04. The Kier molecular flexibility index (Phi) is 4.53. The summed E-state index contributed by atoms with van der Waals surface area (Å²) in [5.41, 5.74) is 2.72. The van der Waals surface area contributed by atoms with E-state index in [1.807, 2.05) is 19.1 Å². The van der Waals surface area contributed by atoms with Crippen molar-refractivity contribution < 1.29 is 10.0 Å². The van der Waals surface area contributed by atoms with E-state index in [9.17, 15) is 4.79 Å². The molecule has 108 valence electrons. The average Bonchev–Trinajstić information content (AvgIpc) is 2.89. The van der Waals surface area contributed by atoms with Gasteiger partial charge in [-0.2, -0.15) is 0 Å². The van der Waals surface area contributed by atoms with Crippen molar-refractivity contribution in [3.8, 4) is 0 Å². The number of aromatic amines is 1. The van der Waals surface area contributed by atoms with Gasteiger partial charge in [-0.15, -0.1) is 0 Å². The number of hydroxylamine groups is 1. The molecule has 21 heavy (non-hydrogen) atoms. The minimum absolute atomic E-state index is 0.366. The van der Waals surface area contributed by atoms with Crippen molar-refractivity contribution in [3.63, 3.8) is 0 Å². The van der Waals surface area contributed by atoms with Crippen LogP contribution < -0.4 is 21.5 Å². The Balaban J connectivity index is 2.25. The van der Waals surface area contributed by atoms with Gasteiger partial charge in [0.15, 0.2) is 0 Å². The lowest BCUT2D eigenvalue weighted by Crippen LogP contribution is -2.23. The molecule has 0 aliphatic carbocycles. The fourth-order valence-electron chi connectivity index (χ4n) is 1.83. The van der Waals surface area contributed by atoms with Crippen molar-refractivity contribution in [2.75, 3.05) is 5.32 Å². The van der Waals surface area contributed by atoms with Crippen molar-refractivity contribution >= 4 is 29.7 Å². The number of benzene rings is 1. The number of hydrogen-bond donors (Lipinski definition) is 4. The zero-order valence-electron chi connectivity index (χ0n) is 11.6. The van der Waals surface area contributed by atoms with Gasteiger partial charge >= 0.3 is 0 Å². The van der Waals surface area contributed by atoms with Crippen LogP contribution in [0.15, 0.2) is 36.9 Å². The Hall–Kier alpha value is -2.86. The van der Waals surface area contributed by atoms with Crippen LogP contribution in [0.5, 0.6) is 0 Å². The number of nitrogens with one attached hydrogen (secondary N) is 3. The van der Waals surface area contributed by atoms with Gasteiger partial charge in [-0.3, -0.25) is 10.0 Å². The molecule has 6 heteroatoms. The van der Waals surface area contributed by atoms with E-state index in [1.165, 1.54) is 0 Å². The highest BCUT2D eigenvalue weighted by Gasteiger charge is 2.04. The maximum atomic E-state index is 11.2. The second-order valence-corrected chi connectivity index (χ2v) is 4.22. The van der Waals surface area contributed by atoms with E-state index >= 15 is 0 Å². The first-order chi connectivity index (χ1) is 10.2. The van der Waals surface area contributed by atoms with Crippen molar-refractivity contribution in [1.29, 1.82) is 0 Å². The van der Waals surface area contributed by atoms with E-state index in [1.54, 1.807) is 35.8 Å². The summed E-state index contributed by atoms with van der Waals surface area (Å²) in [5.74, 6) is 0.0425. The molecule has 0 spiro atoms. The molecule has 0 aliphatic heterocycles. The summed E-state index contributed by atoms with van der Waals surface area (Å²) >= 11 is 0. The summed E-state index contributed by atoms with van der Waals surface area (Å²) in [7, 11) is 0. The third-order valence-electron chi connectivity index (χ3n) is 2.83. The van der Waals surface area contributed by atoms with Crippen molar-refractivity contribution in [3.05, 3.63) is 53.2 Å². The lowest BCUT2D eigenvalue weighted by atomic mass is 10.2. The first-order valence-electron chi connectivity index (χ1n) is 6.34. The largest absolute Gasteiger partial charge is 0.326 e. The summed E-state index contributed by atoms with van der Waals surface area (Å²) in [6.07, 6.45) is 5.42. The Labute approximate surface area is 121 Å². The second kappa shape index (κ2) is 6.53. The molecule has 6 nitrogen and oxygen atoms in total. The van der Waals surface area contributed by atoms with E-state index in [0.717, 1.165) is 16.4 Å². The zero-order valence-corrected chi connectivity index (χ0v) is 11.6. The molecule has 1 heterocycles. The van der Waals surface area contributed by atoms with E-state index in [-0.39, 0.29) is 0 Å². The van der Waals surface area contributed by atoms with Crippen LogP contribution in [0.2, 0.25) is 0 Å². The maximum Gasteiger partial charge on any atom is 0.274 e. The maximum absolute atomic E-state index is 11.2. The van der Waals surface area contributed by atoms with Crippen LogP contribution in [0, 0.1) is 0 Å². The number of anilines is 2. The standard InChI is InChI=1S/C15H16N4O2/c1-3-5-13-12(4-2)17-15(18-13)16-11-8-6-10(7-9-11)14(20)19-21/h3-9,21H,1H2,2H3,(H,19,20)(H2,16,17,18)/b12-4+,13-5+.